The molecular weight excluding hydrogens is 843 g/mol. The maximum Gasteiger partial charge on any atom is 0.0519 e. The van der Waals surface area contributed by atoms with Gasteiger partial charge >= 0.3 is 0 Å². The van der Waals surface area contributed by atoms with Gasteiger partial charge in [0.15, 0.2) is 0 Å². The smallest absolute Gasteiger partial charge is 0.0519 e. The number of hydrogen-bond donors (Lipinski definition) is 1. The average molecular weight is 907 g/mol. The summed E-state index contributed by atoms with van der Waals surface area (Å²) in [5, 5.41) is 3.03. The summed E-state index contributed by atoms with van der Waals surface area (Å²) in [7, 11) is 6.34. The van der Waals surface area contributed by atoms with Crippen molar-refractivity contribution < 1.29 is 0 Å². The molecule has 326 valence electrons. The van der Waals surface area contributed by atoms with E-state index in [4.69, 9.17) is 0 Å². The highest BCUT2D eigenvalue weighted by Crippen LogP contribution is 2.45. The second-order valence-corrected chi connectivity index (χ2v) is 19.5. The van der Waals surface area contributed by atoms with Crippen LogP contribution >= 0.6 is 15.9 Å². The van der Waals surface area contributed by atoms with Gasteiger partial charge in [-0.15, -0.1) is 0 Å². The number of rotatable bonds is 5. The molecule has 1 N–H and O–H groups in total. The van der Waals surface area contributed by atoms with Crippen LogP contribution in [-0.2, 0) is 57.8 Å². The normalized spacial score (nSPS) is 15.3. The van der Waals surface area contributed by atoms with E-state index in [2.05, 4.69) is 163 Å². The van der Waals surface area contributed by atoms with Gasteiger partial charge < -0.3 is 15.1 Å². The van der Waals surface area contributed by atoms with E-state index in [-0.39, 0.29) is 0 Å². The zero-order valence-corrected chi connectivity index (χ0v) is 40.5. The monoisotopic (exact) mass is 905 g/mol. The Morgan fingerprint density at radius 1 is 0.453 bits per heavy atom. The first kappa shape index (κ1) is 43.7. The molecule has 0 fully saturated rings. The Bertz CT molecular complexity index is 2760. The highest BCUT2D eigenvalue weighted by atomic mass is 79.9. The molecule has 0 aromatic heterocycles. The van der Waals surface area contributed by atoms with Gasteiger partial charge in [0.2, 0.25) is 0 Å². The fourth-order valence-electron chi connectivity index (χ4n) is 11.0. The summed E-state index contributed by atoms with van der Waals surface area (Å²) in [5.74, 6) is 0. The van der Waals surface area contributed by atoms with Crippen molar-refractivity contribution in [2.45, 2.75) is 97.8 Å². The quantitative estimate of drug-likeness (QED) is 0.186. The third kappa shape index (κ3) is 9.04. The number of hydrogen-bond acceptors (Lipinski definition) is 3. The standard InChI is InChI=1S/2C20H21N.C13H13Br.C7H9N/c2*1-14-11-16-13-15-7-6-10-18(15)20(19(16)12-14)21(2)17-8-4-3-5-9-17;1-8-5-10-7-9-3-2-4-11(9)13(14)12(10)6-8;1-8-7-5-3-2-4-6-7/h3-5,8-9,12-13H,6-7,10-11H2,1-2H3;3-5,8-9,11,13H,6-7,10,12H2,1-2H3;5,7H,2-4,6H2,1H3;2-6,8H,1H3. The lowest BCUT2D eigenvalue weighted by Crippen LogP contribution is -2.14. The van der Waals surface area contributed by atoms with Crippen molar-refractivity contribution in [3.05, 3.63) is 197 Å². The summed E-state index contributed by atoms with van der Waals surface area (Å²) in [6.45, 7) is 6.71. The van der Waals surface area contributed by atoms with Gasteiger partial charge in [0.1, 0.15) is 0 Å². The minimum absolute atomic E-state index is 1.11. The molecule has 12 rings (SSSR count). The Hall–Kier alpha value is -5.58. The van der Waals surface area contributed by atoms with Gasteiger partial charge in [0.25, 0.3) is 0 Å². The highest BCUT2D eigenvalue weighted by Gasteiger charge is 2.28. The molecule has 0 heterocycles. The van der Waals surface area contributed by atoms with E-state index in [1.807, 2.05) is 37.4 Å². The maximum absolute atomic E-state index is 3.78. The molecule has 0 bridgehead atoms. The fourth-order valence-corrected chi connectivity index (χ4v) is 11.8. The van der Waals surface area contributed by atoms with Gasteiger partial charge in [-0.25, -0.2) is 0 Å². The lowest BCUT2D eigenvalue weighted by Gasteiger charge is -2.26. The van der Waals surface area contributed by atoms with Gasteiger partial charge in [-0.1, -0.05) is 124 Å². The number of benzene rings is 6. The maximum atomic E-state index is 3.78. The minimum Gasteiger partial charge on any atom is -0.388 e. The number of aryl methyl sites for hydroxylation is 3. The zero-order valence-electron chi connectivity index (χ0n) is 38.9. The SMILES string of the molecule is CC1=Cc2c(cc3c(c2N(C)c2ccccc2)CCC3)C1.CC1=Cc2cc3c(c(Br)c2C1)CCC3.CC1=Cc2cc3c(c(N(C)c4ccccc4)c2C1)CCC3.CNc1ccccc1. The zero-order chi connectivity index (χ0) is 44.3. The lowest BCUT2D eigenvalue weighted by atomic mass is 9.97. The number of nitrogens with one attached hydrogen (secondary N) is 1. The lowest BCUT2D eigenvalue weighted by molar-refractivity contribution is 0.909. The van der Waals surface area contributed by atoms with E-state index >= 15 is 0 Å². The highest BCUT2D eigenvalue weighted by molar-refractivity contribution is 9.10. The first-order valence-corrected chi connectivity index (χ1v) is 24.5. The van der Waals surface area contributed by atoms with E-state index in [1.54, 1.807) is 33.4 Å². The third-order valence-corrected chi connectivity index (χ3v) is 15.0. The van der Waals surface area contributed by atoms with Gasteiger partial charge in [-0.3, -0.25) is 0 Å². The van der Waals surface area contributed by atoms with Crippen molar-refractivity contribution in [2.75, 3.05) is 36.3 Å². The summed E-state index contributed by atoms with van der Waals surface area (Å²) in [6.07, 6.45) is 21.9. The Morgan fingerprint density at radius 2 is 0.906 bits per heavy atom. The van der Waals surface area contributed by atoms with Crippen LogP contribution in [0, 0.1) is 0 Å². The molecule has 6 aliphatic rings. The molecule has 0 radical (unpaired) electrons. The summed E-state index contributed by atoms with van der Waals surface area (Å²) in [4.78, 5) is 4.79. The average Bonchev–Trinajstić information content (AvgIpc) is 4.19. The first-order valence-electron chi connectivity index (χ1n) is 23.7. The molecule has 4 heteroatoms. The number of para-hydroxylation sites is 3. The fraction of sp³-hybridized carbons (Fsp3) is 0.300. The van der Waals surface area contributed by atoms with Crippen LogP contribution in [0.5, 0.6) is 0 Å². The van der Waals surface area contributed by atoms with Crippen molar-refractivity contribution in [2.24, 2.45) is 0 Å². The topological polar surface area (TPSA) is 18.5 Å². The first-order chi connectivity index (χ1) is 31.2. The van der Waals surface area contributed by atoms with Crippen LogP contribution in [-0.4, -0.2) is 21.1 Å². The van der Waals surface area contributed by atoms with Gasteiger partial charge in [-0.2, -0.15) is 0 Å². The largest absolute Gasteiger partial charge is 0.388 e. The predicted octanol–water partition coefficient (Wildman–Crippen LogP) is 15.4. The van der Waals surface area contributed by atoms with E-state index in [0.29, 0.717) is 0 Å². The van der Waals surface area contributed by atoms with Crippen LogP contribution in [0.1, 0.15) is 107 Å². The molecule has 0 amide bonds. The number of nitrogens with zero attached hydrogens (tertiary/aromatic N) is 2. The molecular formula is C60H64BrN3. The Labute approximate surface area is 391 Å². The van der Waals surface area contributed by atoms with Gasteiger partial charge in [0.05, 0.1) is 5.69 Å². The van der Waals surface area contributed by atoms with Crippen LogP contribution in [0.4, 0.5) is 28.4 Å². The molecule has 3 nitrogen and oxygen atoms in total. The number of fused-ring (bicyclic) bond motifs is 6. The molecule has 0 spiro atoms. The number of anilines is 5. The van der Waals surface area contributed by atoms with Crippen LogP contribution in [0.2, 0.25) is 0 Å². The van der Waals surface area contributed by atoms with Crippen molar-refractivity contribution in [1.82, 2.24) is 0 Å². The minimum atomic E-state index is 1.11. The molecule has 0 aliphatic heterocycles. The third-order valence-electron chi connectivity index (χ3n) is 14.1. The second kappa shape index (κ2) is 19.3. The predicted molar refractivity (Wildman–Crippen MR) is 280 cm³/mol. The van der Waals surface area contributed by atoms with E-state index in [0.717, 1.165) is 24.9 Å². The van der Waals surface area contributed by atoms with Crippen LogP contribution in [0.25, 0.3) is 18.2 Å². The number of allylic oxidation sites excluding steroid dienone is 3. The van der Waals surface area contributed by atoms with Crippen molar-refractivity contribution in [3.63, 3.8) is 0 Å². The van der Waals surface area contributed by atoms with Gasteiger partial charge in [0, 0.05) is 53.9 Å². The van der Waals surface area contributed by atoms with E-state index in [1.165, 1.54) is 135 Å². The summed E-state index contributed by atoms with van der Waals surface area (Å²) in [6, 6.07) is 38.8. The van der Waals surface area contributed by atoms with E-state index in [9.17, 15) is 0 Å². The molecule has 0 atom stereocenters. The summed E-state index contributed by atoms with van der Waals surface area (Å²) >= 11 is 3.78. The molecule has 6 aliphatic carbocycles. The van der Waals surface area contributed by atoms with Crippen LogP contribution < -0.4 is 15.1 Å². The second-order valence-electron chi connectivity index (χ2n) is 18.7. The van der Waals surface area contributed by atoms with Gasteiger partial charge in [-0.05, 0) is 195 Å². The summed E-state index contributed by atoms with van der Waals surface area (Å²) in [5.41, 5.74) is 29.5. The van der Waals surface area contributed by atoms with E-state index < -0.39 is 0 Å². The Kier molecular flexibility index (Phi) is 13.1. The molecule has 6 aromatic carbocycles. The number of halogens is 1. The van der Waals surface area contributed by atoms with Crippen LogP contribution in [0.3, 0.4) is 0 Å². The molecule has 0 saturated heterocycles. The molecule has 0 saturated carbocycles. The molecule has 0 unspecified atom stereocenters. The van der Waals surface area contributed by atoms with Crippen LogP contribution in [0.15, 0.2) is 130 Å². The van der Waals surface area contributed by atoms with Crippen molar-refractivity contribution in [1.29, 1.82) is 0 Å². The van der Waals surface area contributed by atoms with Crippen molar-refractivity contribution in [3.8, 4) is 0 Å². The van der Waals surface area contributed by atoms with Crippen molar-refractivity contribution >= 4 is 62.6 Å². The Morgan fingerprint density at radius 3 is 1.47 bits per heavy atom. The summed E-state index contributed by atoms with van der Waals surface area (Å²) < 4.78 is 1.40. The molecule has 6 aromatic rings. The molecule has 64 heavy (non-hydrogen) atoms. The Balaban J connectivity index is 0.000000114.